The van der Waals surface area contributed by atoms with Gasteiger partial charge in [0.1, 0.15) is 16.9 Å². The van der Waals surface area contributed by atoms with Gasteiger partial charge in [0.25, 0.3) is 5.01 Å². The lowest BCUT2D eigenvalue weighted by atomic mass is 9.96. The summed E-state index contributed by atoms with van der Waals surface area (Å²) in [7, 11) is 1.70. The highest BCUT2D eigenvalue weighted by molar-refractivity contribution is 7.18. The van der Waals surface area contributed by atoms with Gasteiger partial charge < -0.3 is 38.7 Å². The van der Waals surface area contributed by atoms with E-state index in [1.807, 2.05) is 24.3 Å². The molecular weight excluding hydrogens is 595 g/mol. The van der Waals surface area contributed by atoms with Gasteiger partial charge in [-0.05, 0) is 72.5 Å². The van der Waals surface area contributed by atoms with E-state index in [2.05, 4.69) is 64.1 Å². The maximum atomic E-state index is 11.2. The second-order valence-corrected chi connectivity index (χ2v) is 10.6. The highest BCUT2D eigenvalue weighted by Gasteiger charge is 2.42. The van der Waals surface area contributed by atoms with E-state index in [1.54, 1.807) is 18.4 Å². The molecule has 5 nitrogen and oxygen atoms in total. The molecule has 0 saturated heterocycles. The van der Waals surface area contributed by atoms with Crippen molar-refractivity contribution in [1.82, 2.24) is 0 Å². The van der Waals surface area contributed by atoms with E-state index in [9.17, 15) is 9.90 Å². The van der Waals surface area contributed by atoms with Crippen LogP contribution >= 0.6 is 11.3 Å². The van der Waals surface area contributed by atoms with E-state index >= 15 is 0 Å². The molecule has 2 heterocycles. The van der Waals surface area contributed by atoms with Crippen molar-refractivity contribution in [3.8, 4) is 5.75 Å². The second kappa shape index (κ2) is 10.8. The maximum Gasteiger partial charge on any atom is 0.309 e. The van der Waals surface area contributed by atoms with E-state index in [0.717, 1.165) is 16.3 Å². The third-order valence-corrected chi connectivity index (χ3v) is 8.61. The Morgan fingerprint density at radius 1 is 1.11 bits per heavy atom. The first-order valence-electron chi connectivity index (χ1n) is 12.5. The number of methoxy groups -OCH3 is 1. The van der Waals surface area contributed by atoms with Crippen molar-refractivity contribution in [3.63, 3.8) is 0 Å². The number of para-hydroxylation sites is 1. The van der Waals surface area contributed by atoms with Gasteiger partial charge >= 0.3 is 5.97 Å². The van der Waals surface area contributed by atoms with Crippen molar-refractivity contribution in [2.75, 3.05) is 12.0 Å². The number of nitrogens with zero attached hydrogens (tertiary/aromatic N) is 2. The number of anilines is 2. The second-order valence-electron chi connectivity index (χ2n) is 9.53. The van der Waals surface area contributed by atoms with E-state index in [-0.39, 0.29) is 30.4 Å². The minimum atomic E-state index is -0.779. The topological polar surface area (TPSA) is 53.7 Å². The number of hydrogen-bond donors (Lipinski definition) is 1. The summed E-state index contributed by atoms with van der Waals surface area (Å²) < 4.78 is 8.65. The van der Waals surface area contributed by atoms with Crippen LogP contribution in [0.1, 0.15) is 47.7 Å². The van der Waals surface area contributed by atoms with Crippen molar-refractivity contribution in [1.29, 1.82) is 0 Å². The summed E-state index contributed by atoms with van der Waals surface area (Å²) in [6.07, 6.45) is 8.10. The number of halogens is 1. The van der Waals surface area contributed by atoms with Gasteiger partial charge in [-0.15, -0.1) is 0 Å². The van der Waals surface area contributed by atoms with Gasteiger partial charge in [-0.1, -0.05) is 36.0 Å². The van der Waals surface area contributed by atoms with E-state index < -0.39 is 5.97 Å². The van der Waals surface area contributed by atoms with Crippen LogP contribution in [0, 0.1) is 0 Å². The monoisotopic (exact) mass is 624 g/mol. The summed E-state index contributed by atoms with van der Waals surface area (Å²) in [5, 5.41) is 10.3. The summed E-state index contributed by atoms with van der Waals surface area (Å²) in [5.74, 6) is 0.655. The predicted molar refractivity (Wildman–Crippen MR) is 145 cm³/mol. The van der Waals surface area contributed by atoms with Gasteiger partial charge in [0.15, 0.2) is 6.54 Å². The molecule has 4 aromatic rings. The van der Waals surface area contributed by atoms with Crippen LogP contribution in [0.3, 0.4) is 0 Å². The van der Waals surface area contributed by atoms with E-state index in [4.69, 9.17) is 4.74 Å². The fraction of sp³-hybridized carbons (Fsp3) is 0.267. The lowest BCUT2D eigenvalue weighted by molar-refractivity contribution is -0.667. The fourth-order valence-corrected chi connectivity index (χ4v) is 6.93. The molecule has 7 heteroatoms. The normalized spacial score (nSPS) is 18.1. The Balaban J connectivity index is 0.00000280. The van der Waals surface area contributed by atoms with Gasteiger partial charge in [-0.25, -0.2) is 0 Å². The summed E-state index contributed by atoms with van der Waals surface area (Å²) in [6.45, 7) is 0.462. The molecule has 1 N–H and O–H groups in total. The SMILES string of the molecule is COc1ccc(N2c3ccc(/C=C/c4sc5ccccc5[n+]4CCC(=O)O)cc3C3CCCC32)cc1.[I-]. The fourth-order valence-electron chi connectivity index (χ4n) is 5.84. The number of carbonyl (C=O) groups is 1. The molecular formula is C30H29IN2O3S. The Labute approximate surface area is 238 Å². The van der Waals surface area contributed by atoms with Gasteiger partial charge in [0.05, 0.1) is 7.11 Å². The number of aryl methyl sites for hydroxylation is 1. The molecule has 190 valence electrons. The molecule has 6 rings (SSSR count). The quantitative estimate of drug-likeness (QED) is 0.252. The number of aliphatic carboxylic acids is 1. The Morgan fingerprint density at radius 2 is 1.92 bits per heavy atom. The van der Waals surface area contributed by atoms with E-state index in [1.165, 1.54) is 46.5 Å². The van der Waals surface area contributed by atoms with Crippen molar-refractivity contribution in [2.45, 2.75) is 44.2 Å². The molecule has 0 bridgehead atoms. The molecule has 2 atom stereocenters. The molecule has 3 aromatic carbocycles. The summed E-state index contributed by atoms with van der Waals surface area (Å²) in [6, 6.07) is 23.9. The molecule has 1 aliphatic carbocycles. The van der Waals surface area contributed by atoms with E-state index in [0.29, 0.717) is 18.5 Å². The molecule has 1 aromatic heterocycles. The minimum absolute atomic E-state index is 0. The van der Waals surface area contributed by atoms with Crippen LogP contribution in [-0.4, -0.2) is 24.2 Å². The Bertz CT molecular complexity index is 1460. The number of aromatic nitrogens is 1. The lowest BCUT2D eigenvalue weighted by Crippen LogP contribution is -3.00. The number of carboxylic acid groups (broad SMARTS) is 1. The zero-order valence-electron chi connectivity index (χ0n) is 20.6. The van der Waals surface area contributed by atoms with Crippen molar-refractivity contribution >= 4 is 51.0 Å². The first-order chi connectivity index (χ1) is 17.6. The van der Waals surface area contributed by atoms with Crippen LogP contribution in [0.5, 0.6) is 5.75 Å². The first kappa shape index (κ1) is 25.7. The number of rotatable bonds is 7. The smallest absolute Gasteiger partial charge is 0.309 e. The van der Waals surface area contributed by atoms with Gasteiger partial charge in [-0.3, -0.25) is 4.79 Å². The zero-order chi connectivity index (χ0) is 24.6. The number of hydrogen-bond acceptors (Lipinski definition) is 4. The molecule has 37 heavy (non-hydrogen) atoms. The molecule has 0 radical (unpaired) electrons. The van der Waals surface area contributed by atoms with Gasteiger partial charge in [0.2, 0.25) is 5.52 Å². The van der Waals surface area contributed by atoms with Crippen LogP contribution in [0.25, 0.3) is 22.4 Å². The van der Waals surface area contributed by atoms with Crippen molar-refractivity contribution in [2.24, 2.45) is 0 Å². The van der Waals surface area contributed by atoms with Crippen LogP contribution in [0.4, 0.5) is 11.4 Å². The van der Waals surface area contributed by atoms with Gasteiger partial charge in [0, 0.05) is 35.5 Å². The standard InChI is InChI=1S/C30H28N2O3S.HI/c1-35-22-13-11-21(12-14-22)32-25-7-4-5-23(25)24-19-20(9-15-26(24)32)10-16-29-31(18-17-30(33)34)27-6-2-3-8-28(27)36-29;/h2-3,6,8-16,19,23,25H,4-5,7,17-18H2,1H3;1H. The Hall–Kier alpha value is -2.91. The molecule has 2 aliphatic rings. The Kier molecular flexibility index (Phi) is 7.53. The number of fused-ring (bicyclic) bond motifs is 4. The number of carboxylic acids is 1. The average molecular weight is 625 g/mol. The molecule has 0 amide bonds. The number of thiazole rings is 1. The Morgan fingerprint density at radius 3 is 2.70 bits per heavy atom. The zero-order valence-corrected chi connectivity index (χ0v) is 23.6. The molecule has 2 unspecified atom stereocenters. The van der Waals surface area contributed by atoms with Gasteiger partial charge in [-0.2, -0.15) is 4.57 Å². The summed E-state index contributed by atoms with van der Waals surface area (Å²) >= 11 is 1.70. The van der Waals surface area contributed by atoms with Crippen LogP contribution in [-0.2, 0) is 11.3 Å². The van der Waals surface area contributed by atoms with Crippen molar-refractivity contribution in [3.05, 3.63) is 82.9 Å². The first-order valence-corrected chi connectivity index (χ1v) is 13.3. The molecule has 0 spiro atoms. The summed E-state index contributed by atoms with van der Waals surface area (Å²) in [5.41, 5.74) is 6.23. The molecule has 1 aliphatic heterocycles. The third kappa shape index (κ3) is 4.86. The number of ether oxygens (including phenoxy) is 1. The van der Waals surface area contributed by atoms with Crippen LogP contribution in [0.2, 0.25) is 0 Å². The molecule has 1 fully saturated rings. The predicted octanol–water partition coefficient (Wildman–Crippen LogP) is 3.63. The van der Waals surface area contributed by atoms with Crippen LogP contribution < -0.4 is 38.2 Å². The maximum absolute atomic E-state index is 11.2. The van der Waals surface area contributed by atoms with Crippen LogP contribution in [0.15, 0.2) is 66.7 Å². The highest BCUT2D eigenvalue weighted by atomic mass is 127. The highest BCUT2D eigenvalue weighted by Crippen LogP contribution is 2.52. The number of benzene rings is 3. The summed E-state index contributed by atoms with van der Waals surface area (Å²) in [4.78, 5) is 13.8. The molecule has 1 saturated carbocycles. The van der Waals surface area contributed by atoms with Crippen molar-refractivity contribution < 1.29 is 43.2 Å². The average Bonchev–Trinajstić information content (AvgIpc) is 3.59. The third-order valence-electron chi connectivity index (χ3n) is 7.48. The lowest BCUT2D eigenvalue weighted by Gasteiger charge is -2.27. The minimum Gasteiger partial charge on any atom is -1.00 e. The largest absolute Gasteiger partial charge is 1.00 e.